The second-order valence-electron chi connectivity index (χ2n) is 8.87. The number of phenolic OH excluding ortho intramolecular Hbond substituents is 1. The van der Waals surface area contributed by atoms with E-state index in [9.17, 15) is 14.3 Å². The van der Waals surface area contributed by atoms with E-state index in [4.69, 9.17) is 0 Å². The van der Waals surface area contributed by atoms with Crippen LogP contribution in [-0.4, -0.2) is 54.7 Å². The van der Waals surface area contributed by atoms with Crippen LogP contribution in [0.1, 0.15) is 37.7 Å². The lowest BCUT2D eigenvalue weighted by Gasteiger charge is -2.37. The Morgan fingerprint density at radius 2 is 1.65 bits per heavy atom. The zero-order valence-electron chi connectivity index (χ0n) is 18.1. The molecule has 0 unspecified atom stereocenters. The van der Waals surface area contributed by atoms with Gasteiger partial charge in [-0.15, -0.1) is 0 Å². The minimum absolute atomic E-state index is 0.212. The predicted molar refractivity (Wildman–Crippen MR) is 120 cm³/mol. The number of phenols is 1. The lowest BCUT2D eigenvalue weighted by Crippen LogP contribution is -3.16. The number of hydrogen-bond acceptors (Lipinski definition) is 3. The standard InChI is InChI=1S/C25H32FN3O2/c26-21-8-6-20(7-9-21)18-29(23-4-2-1-3-5-23)25(31)19-27-14-16-28(17-15-27)22-10-12-24(30)13-11-22/h6-13,23,30H,1-5,14-19H2/p+1. The summed E-state index contributed by atoms with van der Waals surface area (Å²) in [6.07, 6.45) is 5.74. The maximum absolute atomic E-state index is 13.4. The van der Waals surface area contributed by atoms with Gasteiger partial charge < -0.3 is 19.8 Å². The van der Waals surface area contributed by atoms with E-state index in [0.717, 1.165) is 50.3 Å². The maximum Gasteiger partial charge on any atom is 0.278 e. The Balaban J connectivity index is 1.36. The fraction of sp³-hybridized carbons (Fsp3) is 0.480. The number of aromatic hydroxyl groups is 1. The van der Waals surface area contributed by atoms with Crippen LogP contribution < -0.4 is 9.80 Å². The molecule has 6 heteroatoms. The van der Waals surface area contributed by atoms with E-state index in [1.54, 1.807) is 24.3 Å². The van der Waals surface area contributed by atoms with Crippen molar-refractivity contribution in [1.29, 1.82) is 0 Å². The molecule has 0 bridgehead atoms. The zero-order valence-corrected chi connectivity index (χ0v) is 18.1. The lowest BCUT2D eigenvalue weighted by molar-refractivity contribution is -0.892. The van der Waals surface area contributed by atoms with Crippen LogP contribution in [0.4, 0.5) is 10.1 Å². The monoisotopic (exact) mass is 426 g/mol. The molecular weight excluding hydrogens is 393 g/mol. The molecule has 0 aromatic heterocycles. The van der Waals surface area contributed by atoms with E-state index in [2.05, 4.69) is 9.80 Å². The molecule has 31 heavy (non-hydrogen) atoms. The Kier molecular flexibility index (Phi) is 7.07. The third-order valence-electron chi connectivity index (χ3n) is 6.69. The van der Waals surface area contributed by atoms with Crippen molar-refractivity contribution in [3.63, 3.8) is 0 Å². The maximum atomic E-state index is 13.4. The summed E-state index contributed by atoms with van der Waals surface area (Å²) in [5.41, 5.74) is 2.11. The number of amides is 1. The molecule has 0 spiro atoms. The van der Waals surface area contributed by atoms with Crippen LogP contribution in [0.2, 0.25) is 0 Å². The second-order valence-corrected chi connectivity index (χ2v) is 8.87. The van der Waals surface area contributed by atoms with Gasteiger partial charge in [0, 0.05) is 18.3 Å². The SMILES string of the molecule is O=C(C[NH+]1CCN(c2ccc(O)cc2)CC1)N(Cc1ccc(F)cc1)C1CCCCC1. The van der Waals surface area contributed by atoms with Crippen molar-refractivity contribution in [2.75, 3.05) is 37.6 Å². The number of quaternary nitrogens is 1. The fourth-order valence-electron chi connectivity index (χ4n) is 4.84. The molecule has 0 atom stereocenters. The van der Waals surface area contributed by atoms with Gasteiger partial charge >= 0.3 is 0 Å². The molecule has 1 saturated carbocycles. The van der Waals surface area contributed by atoms with Crippen molar-refractivity contribution in [1.82, 2.24) is 4.90 Å². The third-order valence-corrected chi connectivity index (χ3v) is 6.69. The number of benzene rings is 2. The van der Waals surface area contributed by atoms with Crippen molar-refractivity contribution in [2.45, 2.75) is 44.7 Å². The molecule has 4 rings (SSSR count). The van der Waals surface area contributed by atoms with E-state index in [1.807, 2.05) is 12.1 Å². The van der Waals surface area contributed by atoms with Gasteiger partial charge in [0.15, 0.2) is 6.54 Å². The smallest absolute Gasteiger partial charge is 0.278 e. The molecule has 2 aliphatic rings. The number of carbonyl (C=O) groups is 1. The first kappa shape index (κ1) is 21.6. The van der Waals surface area contributed by atoms with Crippen LogP contribution in [0.15, 0.2) is 48.5 Å². The number of hydrogen-bond donors (Lipinski definition) is 2. The molecule has 166 valence electrons. The minimum Gasteiger partial charge on any atom is -0.508 e. The highest BCUT2D eigenvalue weighted by molar-refractivity contribution is 5.77. The normalized spacial score (nSPS) is 18.2. The highest BCUT2D eigenvalue weighted by atomic mass is 19.1. The van der Waals surface area contributed by atoms with Gasteiger partial charge in [-0.25, -0.2) is 4.39 Å². The third kappa shape index (κ3) is 5.76. The fourth-order valence-corrected chi connectivity index (χ4v) is 4.84. The summed E-state index contributed by atoms with van der Waals surface area (Å²) in [4.78, 5) is 19.1. The first-order valence-electron chi connectivity index (χ1n) is 11.5. The summed E-state index contributed by atoms with van der Waals surface area (Å²) in [6.45, 7) is 4.71. The topological polar surface area (TPSA) is 48.2 Å². The highest BCUT2D eigenvalue weighted by Crippen LogP contribution is 2.24. The first-order chi connectivity index (χ1) is 15.1. The minimum atomic E-state index is -0.241. The number of nitrogens with zero attached hydrogens (tertiary/aromatic N) is 2. The van der Waals surface area contributed by atoms with Crippen LogP contribution >= 0.6 is 0 Å². The van der Waals surface area contributed by atoms with E-state index in [-0.39, 0.29) is 17.5 Å². The van der Waals surface area contributed by atoms with Gasteiger partial charge in [0.2, 0.25) is 0 Å². The Morgan fingerprint density at radius 3 is 2.29 bits per heavy atom. The molecular formula is C25H33FN3O2+. The number of halogens is 1. The summed E-state index contributed by atoms with van der Waals surface area (Å²) in [5, 5.41) is 9.49. The molecule has 2 fully saturated rings. The average Bonchev–Trinajstić information content (AvgIpc) is 2.80. The van der Waals surface area contributed by atoms with Gasteiger partial charge in [-0.1, -0.05) is 31.4 Å². The quantitative estimate of drug-likeness (QED) is 0.747. The van der Waals surface area contributed by atoms with Gasteiger partial charge in [-0.3, -0.25) is 4.79 Å². The summed E-state index contributed by atoms with van der Waals surface area (Å²) >= 11 is 0. The molecule has 2 aromatic rings. The van der Waals surface area contributed by atoms with Gasteiger partial charge in [-0.2, -0.15) is 0 Å². The lowest BCUT2D eigenvalue weighted by atomic mass is 9.93. The van der Waals surface area contributed by atoms with Crippen LogP contribution in [0, 0.1) is 5.82 Å². The molecule has 2 aromatic carbocycles. The summed E-state index contributed by atoms with van der Waals surface area (Å²) in [6, 6.07) is 14.2. The summed E-state index contributed by atoms with van der Waals surface area (Å²) in [7, 11) is 0. The van der Waals surface area contributed by atoms with Crippen LogP contribution in [0.5, 0.6) is 5.75 Å². The number of anilines is 1. The number of rotatable bonds is 6. The molecule has 0 radical (unpaired) electrons. The van der Waals surface area contributed by atoms with Crippen LogP contribution in [-0.2, 0) is 11.3 Å². The van der Waals surface area contributed by atoms with Crippen LogP contribution in [0.3, 0.4) is 0 Å². The molecule has 1 aliphatic heterocycles. The van der Waals surface area contributed by atoms with Gasteiger partial charge in [0.25, 0.3) is 5.91 Å². The van der Waals surface area contributed by atoms with Gasteiger partial charge in [0.05, 0.1) is 26.2 Å². The van der Waals surface area contributed by atoms with E-state index in [0.29, 0.717) is 19.1 Å². The average molecular weight is 427 g/mol. The molecule has 1 aliphatic carbocycles. The van der Waals surface area contributed by atoms with E-state index in [1.165, 1.54) is 36.3 Å². The van der Waals surface area contributed by atoms with Crippen molar-refractivity contribution in [3.8, 4) is 5.75 Å². The highest BCUT2D eigenvalue weighted by Gasteiger charge is 2.30. The van der Waals surface area contributed by atoms with Crippen molar-refractivity contribution >= 4 is 11.6 Å². The van der Waals surface area contributed by atoms with Crippen molar-refractivity contribution in [3.05, 3.63) is 59.9 Å². The zero-order chi connectivity index (χ0) is 21.6. The predicted octanol–water partition coefficient (Wildman–Crippen LogP) is 2.60. The van der Waals surface area contributed by atoms with Crippen molar-refractivity contribution in [2.24, 2.45) is 0 Å². The Hall–Kier alpha value is -2.60. The summed E-state index contributed by atoms with van der Waals surface area (Å²) in [5.74, 6) is 0.252. The summed E-state index contributed by atoms with van der Waals surface area (Å²) < 4.78 is 13.3. The van der Waals surface area contributed by atoms with Crippen molar-refractivity contribution < 1.29 is 19.2 Å². The Bertz CT molecular complexity index is 842. The molecule has 5 nitrogen and oxygen atoms in total. The molecule has 1 saturated heterocycles. The van der Waals surface area contributed by atoms with E-state index < -0.39 is 0 Å². The molecule has 1 heterocycles. The van der Waals surface area contributed by atoms with E-state index >= 15 is 0 Å². The Labute approximate surface area is 184 Å². The second kappa shape index (κ2) is 10.1. The number of nitrogens with one attached hydrogen (secondary N) is 1. The van der Waals surface area contributed by atoms with Gasteiger partial charge in [0.1, 0.15) is 11.6 Å². The largest absolute Gasteiger partial charge is 0.508 e. The number of piperazine rings is 1. The first-order valence-corrected chi connectivity index (χ1v) is 11.5. The molecule has 1 amide bonds. The van der Waals surface area contributed by atoms with Crippen LogP contribution in [0.25, 0.3) is 0 Å². The van der Waals surface area contributed by atoms with Gasteiger partial charge in [-0.05, 0) is 54.8 Å². The number of carbonyl (C=O) groups excluding carboxylic acids is 1. The molecule has 2 N–H and O–H groups in total. The Morgan fingerprint density at radius 1 is 1.00 bits per heavy atom.